The number of rotatable bonds is 3. The molecule has 0 saturated heterocycles. The van der Waals surface area contributed by atoms with Crippen LogP contribution in [-0.2, 0) is 0 Å². The van der Waals surface area contributed by atoms with Crippen molar-refractivity contribution in [2.24, 2.45) is 5.73 Å². The number of nitrogens with one attached hydrogen (secondary N) is 1. The summed E-state index contributed by atoms with van der Waals surface area (Å²) in [6.45, 7) is 0. The van der Waals surface area contributed by atoms with Crippen LogP contribution in [0.4, 0.5) is 0 Å². The van der Waals surface area contributed by atoms with Crippen molar-refractivity contribution in [3.05, 3.63) is 65.2 Å². The molecule has 0 aliphatic heterocycles. The third kappa shape index (κ3) is 2.54. The molecule has 2 heterocycles. The Bertz CT molecular complexity index is 693. The van der Waals surface area contributed by atoms with Crippen LogP contribution in [0.1, 0.15) is 17.4 Å². The number of nitrogens with two attached hydrogens (primary N) is 1. The maximum absolute atomic E-state index is 6.17. The fourth-order valence-corrected chi connectivity index (χ4v) is 2.00. The topological polar surface area (TPSA) is 80.5 Å². The number of pyridine rings is 1. The highest BCUT2D eigenvalue weighted by molar-refractivity contribution is 6.30. The molecule has 20 heavy (non-hydrogen) atoms. The number of aromatic nitrogens is 4. The SMILES string of the molecule is N[C@H](c1ccc(Cl)cc1)c1nc(-c2ccncc2)n[nH]1. The Hall–Kier alpha value is -2.24. The molecule has 0 fully saturated rings. The second-order valence-electron chi connectivity index (χ2n) is 4.31. The highest BCUT2D eigenvalue weighted by Gasteiger charge is 2.14. The predicted octanol–water partition coefficient (Wildman–Crippen LogP) is 2.57. The Morgan fingerprint density at radius 2 is 1.75 bits per heavy atom. The van der Waals surface area contributed by atoms with E-state index in [1.807, 2.05) is 24.3 Å². The van der Waals surface area contributed by atoms with Crippen LogP contribution < -0.4 is 5.73 Å². The molecule has 0 radical (unpaired) electrons. The summed E-state index contributed by atoms with van der Waals surface area (Å²) in [5.41, 5.74) is 7.99. The largest absolute Gasteiger partial charge is 0.318 e. The van der Waals surface area contributed by atoms with Crippen LogP contribution >= 0.6 is 11.6 Å². The predicted molar refractivity (Wildman–Crippen MR) is 77.1 cm³/mol. The van der Waals surface area contributed by atoms with Crippen LogP contribution in [0.3, 0.4) is 0 Å². The number of H-pyrrole nitrogens is 1. The number of hydrogen-bond donors (Lipinski definition) is 2. The first-order chi connectivity index (χ1) is 9.74. The van der Waals surface area contributed by atoms with E-state index in [9.17, 15) is 0 Å². The van der Waals surface area contributed by atoms with E-state index in [2.05, 4.69) is 20.2 Å². The van der Waals surface area contributed by atoms with Crippen LogP contribution in [-0.4, -0.2) is 20.2 Å². The molecule has 3 rings (SSSR count). The van der Waals surface area contributed by atoms with Crippen LogP contribution in [0.15, 0.2) is 48.8 Å². The van der Waals surface area contributed by atoms with E-state index in [-0.39, 0.29) is 6.04 Å². The first-order valence-corrected chi connectivity index (χ1v) is 6.45. The summed E-state index contributed by atoms with van der Waals surface area (Å²) in [5.74, 6) is 1.21. The number of aromatic amines is 1. The van der Waals surface area contributed by atoms with Gasteiger partial charge in [0.25, 0.3) is 0 Å². The zero-order valence-corrected chi connectivity index (χ0v) is 11.2. The van der Waals surface area contributed by atoms with Gasteiger partial charge in [-0.15, -0.1) is 0 Å². The molecule has 0 unspecified atom stereocenters. The van der Waals surface area contributed by atoms with Crippen molar-refractivity contribution in [3.8, 4) is 11.4 Å². The standard InChI is InChI=1S/C14H12ClN5/c15-11-3-1-9(2-4-11)12(16)14-18-13(19-20-14)10-5-7-17-8-6-10/h1-8,12H,16H2,(H,18,19,20)/t12-/m1/s1. The van der Waals surface area contributed by atoms with Crippen molar-refractivity contribution in [2.45, 2.75) is 6.04 Å². The molecule has 1 aromatic carbocycles. The molecule has 2 aromatic heterocycles. The third-order valence-corrected chi connectivity index (χ3v) is 3.22. The lowest BCUT2D eigenvalue weighted by molar-refractivity contribution is 0.787. The summed E-state index contributed by atoms with van der Waals surface area (Å²) in [6.07, 6.45) is 3.40. The molecule has 3 aromatic rings. The molecule has 1 atom stereocenters. The van der Waals surface area contributed by atoms with Gasteiger partial charge in [0, 0.05) is 23.0 Å². The van der Waals surface area contributed by atoms with E-state index in [0.29, 0.717) is 16.7 Å². The Balaban J connectivity index is 1.88. The fraction of sp³-hybridized carbons (Fsp3) is 0.0714. The molecular weight excluding hydrogens is 274 g/mol. The Kier molecular flexibility index (Phi) is 3.45. The number of hydrogen-bond acceptors (Lipinski definition) is 4. The third-order valence-electron chi connectivity index (χ3n) is 2.96. The summed E-state index contributed by atoms with van der Waals surface area (Å²) in [5, 5.41) is 7.74. The van der Waals surface area contributed by atoms with Crippen molar-refractivity contribution >= 4 is 11.6 Å². The Morgan fingerprint density at radius 1 is 1.05 bits per heavy atom. The maximum Gasteiger partial charge on any atom is 0.181 e. The van der Waals surface area contributed by atoms with E-state index in [1.165, 1.54) is 0 Å². The summed E-state index contributed by atoms with van der Waals surface area (Å²) in [6, 6.07) is 10.7. The van der Waals surface area contributed by atoms with Gasteiger partial charge in [-0.25, -0.2) is 4.98 Å². The normalized spacial score (nSPS) is 12.3. The van der Waals surface area contributed by atoms with Gasteiger partial charge in [0.2, 0.25) is 0 Å². The zero-order chi connectivity index (χ0) is 13.9. The van der Waals surface area contributed by atoms with Gasteiger partial charge in [-0.05, 0) is 29.8 Å². The maximum atomic E-state index is 6.17. The summed E-state index contributed by atoms with van der Waals surface area (Å²) in [7, 11) is 0. The lowest BCUT2D eigenvalue weighted by Gasteiger charge is -2.08. The smallest absolute Gasteiger partial charge is 0.181 e. The van der Waals surface area contributed by atoms with Crippen molar-refractivity contribution in [2.75, 3.05) is 0 Å². The van der Waals surface area contributed by atoms with E-state index >= 15 is 0 Å². The second kappa shape index (κ2) is 5.40. The van der Waals surface area contributed by atoms with Crippen molar-refractivity contribution in [3.63, 3.8) is 0 Å². The average Bonchev–Trinajstić information content (AvgIpc) is 2.98. The van der Waals surface area contributed by atoms with Gasteiger partial charge in [0.15, 0.2) is 5.82 Å². The van der Waals surface area contributed by atoms with Crippen LogP contribution in [0.5, 0.6) is 0 Å². The molecular formula is C14H12ClN5. The Labute approximate surface area is 120 Å². The van der Waals surface area contributed by atoms with Crippen molar-refractivity contribution in [1.29, 1.82) is 0 Å². The highest BCUT2D eigenvalue weighted by atomic mass is 35.5. The van der Waals surface area contributed by atoms with Gasteiger partial charge in [-0.3, -0.25) is 10.1 Å². The monoisotopic (exact) mass is 285 g/mol. The molecule has 0 spiro atoms. The van der Waals surface area contributed by atoms with E-state index in [4.69, 9.17) is 17.3 Å². The van der Waals surface area contributed by atoms with Crippen LogP contribution in [0.25, 0.3) is 11.4 Å². The average molecular weight is 286 g/mol. The lowest BCUT2D eigenvalue weighted by atomic mass is 10.1. The van der Waals surface area contributed by atoms with Crippen LogP contribution in [0.2, 0.25) is 5.02 Å². The first kappa shape index (κ1) is 12.8. The Morgan fingerprint density at radius 3 is 2.45 bits per heavy atom. The molecule has 0 saturated carbocycles. The van der Waals surface area contributed by atoms with Gasteiger partial charge in [-0.1, -0.05) is 23.7 Å². The van der Waals surface area contributed by atoms with Gasteiger partial charge < -0.3 is 5.73 Å². The number of nitrogens with zero attached hydrogens (tertiary/aromatic N) is 3. The van der Waals surface area contributed by atoms with Gasteiger partial charge in [0.05, 0.1) is 6.04 Å². The number of benzene rings is 1. The first-order valence-electron chi connectivity index (χ1n) is 6.08. The van der Waals surface area contributed by atoms with Gasteiger partial charge >= 0.3 is 0 Å². The highest BCUT2D eigenvalue weighted by Crippen LogP contribution is 2.21. The second-order valence-corrected chi connectivity index (χ2v) is 4.75. The van der Waals surface area contributed by atoms with Crippen molar-refractivity contribution in [1.82, 2.24) is 20.2 Å². The quantitative estimate of drug-likeness (QED) is 0.775. The molecule has 5 nitrogen and oxygen atoms in total. The molecule has 0 amide bonds. The summed E-state index contributed by atoms with van der Waals surface area (Å²) < 4.78 is 0. The van der Waals surface area contributed by atoms with Crippen molar-refractivity contribution < 1.29 is 0 Å². The molecule has 0 bridgehead atoms. The summed E-state index contributed by atoms with van der Waals surface area (Å²) >= 11 is 5.86. The minimum Gasteiger partial charge on any atom is -0.318 e. The van der Waals surface area contributed by atoms with E-state index < -0.39 is 0 Å². The molecule has 0 aliphatic rings. The lowest BCUT2D eigenvalue weighted by Crippen LogP contribution is -2.13. The van der Waals surface area contributed by atoms with E-state index in [1.54, 1.807) is 24.5 Å². The fourth-order valence-electron chi connectivity index (χ4n) is 1.87. The zero-order valence-electron chi connectivity index (χ0n) is 10.5. The van der Waals surface area contributed by atoms with E-state index in [0.717, 1.165) is 11.1 Å². The molecule has 6 heteroatoms. The molecule has 100 valence electrons. The number of halogens is 1. The van der Waals surface area contributed by atoms with Gasteiger partial charge in [-0.2, -0.15) is 5.10 Å². The van der Waals surface area contributed by atoms with Crippen LogP contribution in [0, 0.1) is 0 Å². The molecule has 0 aliphatic carbocycles. The summed E-state index contributed by atoms with van der Waals surface area (Å²) in [4.78, 5) is 8.39. The minimum absolute atomic E-state index is 0.365. The molecule has 3 N–H and O–H groups in total. The minimum atomic E-state index is -0.365. The van der Waals surface area contributed by atoms with Gasteiger partial charge in [0.1, 0.15) is 5.82 Å².